The summed E-state index contributed by atoms with van der Waals surface area (Å²) in [7, 11) is 1.56. The Kier molecular flexibility index (Phi) is 5.23. The number of hydrogen-bond donors (Lipinski definition) is 3. The van der Waals surface area contributed by atoms with E-state index in [1.165, 1.54) is 0 Å². The number of methoxy groups -OCH3 is 1. The predicted octanol–water partition coefficient (Wildman–Crippen LogP) is 1.96. The number of ether oxygens (including phenoxy) is 1. The van der Waals surface area contributed by atoms with Crippen LogP contribution in [0, 0.1) is 5.92 Å². The number of anilines is 2. The van der Waals surface area contributed by atoms with Crippen molar-refractivity contribution < 1.29 is 4.74 Å². The molecule has 1 saturated heterocycles. The highest BCUT2D eigenvalue weighted by atomic mass is 16.5. The predicted molar refractivity (Wildman–Crippen MR) is 111 cm³/mol. The molecule has 28 heavy (non-hydrogen) atoms. The normalized spacial score (nSPS) is 15.1. The first-order valence-corrected chi connectivity index (χ1v) is 9.42. The van der Waals surface area contributed by atoms with Crippen LogP contribution in [0.3, 0.4) is 0 Å². The number of piperidine rings is 1. The lowest BCUT2D eigenvalue weighted by Gasteiger charge is -2.33. The quantitative estimate of drug-likeness (QED) is 0.455. The van der Waals surface area contributed by atoms with E-state index in [9.17, 15) is 0 Å². The summed E-state index contributed by atoms with van der Waals surface area (Å²) < 4.78 is 5.16. The maximum absolute atomic E-state index is 6.03. The SMILES string of the molecule is COc1ncc(-c2ccc3ncnc(N4CCC(CNN)CC4)c3c2)cc1N. The van der Waals surface area contributed by atoms with Gasteiger partial charge in [0.15, 0.2) is 0 Å². The lowest BCUT2D eigenvalue weighted by molar-refractivity contribution is 0.385. The Morgan fingerprint density at radius 1 is 1.14 bits per heavy atom. The van der Waals surface area contributed by atoms with Gasteiger partial charge in [0.2, 0.25) is 5.88 Å². The second kappa shape index (κ2) is 7.95. The number of hydrogen-bond acceptors (Lipinski definition) is 8. The molecule has 0 bridgehead atoms. The van der Waals surface area contributed by atoms with Gasteiger partial charge < -0.3 is 15.4 Å². The minimum atomic E-state index is 0.434. The Labute approximate surface area is 163 Å². The molecule has 1 aliphatic heterocycles. The van der Waals surface area contributed by atoms with Crippen molar-refractivity contribution >= 4 is 22.4 Å². The highest BCUT2D eigenvalue weighted by Gasteiger charge is 2.21. The zero-order chi connectivity index (χ0) is 19.5. The number of nitrogens with one attached hydrogen (secondary N) is 1. The van der Waals surface area contributed by atoms with Crippen molar-refractivity contribution in [1.29, 1.82) is 0 Å². The van der Waals surface area contributed by atoms with Crippen molar-refractivity contribution in [3.05, 3.63) is 36.8 Å². The van der Waals surface area contributed by atoms with Gasteiger partial charge in [0, 0.05) is 36.8 Å². The largest absolute Gasteiger partial charge is 0.480 e. The van der Waals surface area contributed by atoms with Crippen molar-refractivity contribution in [2.45, 2.75) is 12.8 Å². The van der Waals surface area contributed by atoms with Crippen LogP contribution in [0.15, 0.2) is 36.8 Å². The summed E-state index contributed by atoms with van der Waals surface area (Å²) in [4.78, 5) is 15.7. The Morgan fingerprint density at radius 3 is 2.68 bits per heavy atom. The topological polar surface area (TPSA) is 115 Å². The average molecular weight is 379 g/mol. The standard InChI is InChI=1S/C20H25N7O/c1-28-20-17(21)9-15(11-23-20)14-2-3-18-16(8-14)19(25-12-24-18)27-6-4-13(5-7-27)10-26-22/h2-3,8-9,11-13,26H,4-7,10,21-22H2,1H3. The number of nitrogen functional groups attached to an aromatic ring is 1. The number of pyridine rings is 1. The van der Waals surface area contributed by atoms with Gasteiger partial charge in [0.05, 0.1) is 18.3 Å². The minimum absolute atomic E-state index is 0.434. The Hall–Kier alpha value is -2.97. The van der Waals surface area contributed by atoms with E-state index < -0.39 is 0 Å². The third-order valence-electron chi connectivity index (χ3n) is 5.34. The average Bonchev–Trinajstić information content (AvgIpc) is 2.74. The molecule has 4 rings (SSSR count). The van der Waals surface area contributed by atoms with Gasteiger partial charge in [0.25, 0.3) is 0 Å². The molecule has 1 aliphatic rings. The molecular weight excluding hydrogens is 354 g/mol. The lowest BCUT2D eigenvalue weighted by Crippen LogP contribution is -2.39. The van der Waals surface area contributed by atoms with Gasteiger partial charge in [-0.2, -0.15) is 0 Å². The molecule has 0 saturated carbocycles. The van der Waals surface area contributed by atoms with Gasteiger partial charge in [-0.15, -0.1) is 0 Å². The summed E-state index contributed by atoms with van der Waals surface area (Å²) in [5, 5.41) is 1.03. The molecular formula is C20H25N7O. The second-order valence-electron chi connectivity index (χ2n) is 7.09. The van der Waals surface area contributed by atoms with E-state index in [0.717, 1.165) is 60.3 Å². The molecule has 0 radical (unpaired) electrons. The summed E-state index contributed by atoms with van der Waals surface area (Å²) in [5.74, 6) is 7.49. The first-order chi connectivity index (χ1) is 13.7. The number of aromatic nitrogens is 3. The first kappa shape index (κ1) is 18.4. The fourth-order valence-corrected chi connectivity index (χ4v) is 3.79. The molecule has 1 aromatic carbocycles. The summed E-state index contributed by atoms with van der Waals surface area (Å²) in [5.41, 5.74) is 12.2. The van der Waals surface area contributed by atoms with Gasteiger partial charge in [-0.05, 0) is 42.5 Å². The highest BCUT2D eigenvalue weighted by molar-refractivity contribution is 5.93. The molecule has 146 valence electrons. The summed E-state index contributed by atoms with van der Waals surface area (Å²) in [6.07, 6.45) is 5.59. The number of benzene rings is 1. The van der Waals surface area contributed by atoms with Crippen LogP contribution in [-0.2, 0) is 0 Å². The Bertz CT molecular complexity index is 970. The molecule has 8 nitrogen and oxygen atoms in total. The van der Waals surface area contributed by atoms with E-state index in [-0.39, 0.29) is 0 Å². The zero-order valence-corrected chi connectivity index (χ0v) is 15.9. The zero-order valence-electron chi connectivity index (χ0n) is 15.9. The molecule has 0 aliphatic carbocycles. The molecule has 1 fully saturated rings. The van der Waals surface area contributed by atoms with Crippen molar-refractivity contribution in [1.82, 2.24) is 20.4 Å². The third kappa shape index (κ3) is 3.56. The van der Waals surface area contributed by atoms with E-state index >= 15 is 0 Å². The van der Waals surface area contributed by atoms with Crippen LogP contribution in [0.4, 0.5) is 11.5 Å². The van der Waals surface area contributed by atoms with Gasteiger partial charge in [-0.25, -0.2) is 15.0 Å². The van der Waals surface area contributed by atoms with Crippen molar-refractivity contribution in [2.75, 3.05) is 37.4 Å². The first-order valence-electron chi connectivity index (χ1n) is 9.42. The fourth-order valence-electron chi connectivity index (χ4n) is 3.79. The maximum atomic E-state index is 6.03. The fraction of sp³-hybridized carbons (Fsp3) is 0.350. The third-order valence-corrected chi connectivity index (χ3v) is 5.34. The van der Waals surface area contributed by atoms with Gasteiger partial charge >= 0.3 is 0 Å². The van der Waals surface area contributed by atoms with Crippen molar-refractivity contribution in [3.8, 4) is 17.0 Å². The van der Waals surface area contributed by atoms with Gasteiger partial charge in [0.1, 0.15) is 12.1 Å². The summed E-state index contributed by atoms with van der Waals surface area (Å²) in [6, 6.07) is 8.03. The van der Waals surface area contributed by atoms with E-state index in [1.807, 2.05) is 18.2 Å². The van der Waals surface area contributed by atoms with E-state index in [0.29, 0.717) is 17.5 Å². The van der Waals surface area contributed by atoms with Crippen LogP contribution in [0.2, 0.25) is 0 Å². The molecule has 3 aromatic rings. The highest BCUT2D eigenvalue weighted by Crippen LogP contribution is 2.32. The van der Waals surface area contributed by atoms with E-state index in [2.05, 4.69) is 31.3 Å². The Balaban J connectivity index is 1.67. The van der Waals surface area contributed by atoms with Gasteiger partial charge in [-0.1, -0.05) is 6.07 Å². The smallest absolute Gasteiger partial charge is 0.236 e. The van der Waals surface area contributed by atoms with Crippen LogP contribution < -0.4 is 26.6 Å². The minimum Gasteiger partial charge on any atom is -0.480 e. The molecule has 0 atom stereocenters. The van der Waals surface area contributed by atoms with Crippen LogP contribution in [-0.4, -0.2) is 41.7 Å². The monoisotopic (exact) mass is 379 g/mol. The lowest BCUT2D eigenvalue weighted by atomic mass is 9.96. The Morgan fingerprint density at radius 2 is 1.96 bits per heavy atom. The van der Waals surface area contributed by atoms with E-state index in [4.69, 9.17) is 16.3 Å². The summed E-state index contributed by atoms with van der Waals surface area (Å²) in [6.45, 7) is 2.77. The number of hydrazine groups is 1. The number of rotatable bonds is 5. The van der Waals surface area contributed by atoms with Crippen LogP contribution in [0.5, 0.6) is 5.88 Å². The number of fused-ring (bicyclic) bond motifs is 1. The van der Waals surface area contributed by atoms with Crippen molar-refractivity contribution in [2.24, 2.45) is 11.8 Å². The molecule has 5 N–H and O–H groups in total. The summed E-state index contributed by atoms with van der Waals surface area (Å²) >= 11 is 0. The van der Waals surface area contributed by atoms with Crippen LogP contribution in [0.1, 0.15) is 12.8 Å². The van der Waals surface area contributed by atoms with E-state index in [1.54, 1.807) is 19.6 Å². The van der Waals surface area contributed by atoms with Crippen molar-refractivity contribution in [3.63, 3.8) is 0 Å². The molecule has 2 aromatic heterocycles. The van der Waals surface area contributed by atoms with Crippen LogP contribution in [0.25, 0.3) is 22.0 Å². The molecule has 0 amide bonds. The maximum Gasteiger partial charge on any atom is 0.236 e. The molecule has 0 spiro atoms. The van der Waals surface area contributed by atoms with Crippen LogP contribution >= 0.6 is 0 Å². The molecule has 0 unspecified atom stereocenters. The second-order valence-corrected chi connectivity index (χ2v) is 7.09. The van der Waals surface area contributed by atoms with Gasteiger partial charge in [-0.3, -0.25) is 11.3 Å². The number of nitrogens with two attached hydrogens (primary N) is 2. The molecule has 3 heterocycles. The molecule has 8 heteroatoms. The number of nitrogens with zero attached hydrogens (tertiary/aromatic N) is 4.